The van der Waals surface area contributed by atoms with Gasteiger partial charge in [-0.3, -0.25) is 4.79 Å². The number of nitrogens with zero attached hydrogens (tertiary/aromatic N) is 1. The lowest BCUT2D eigenvalue weighted by atomic mass is 9.93. The molecule has 3 amide bonds. The molecule has 0 saturated carbocycles. The van der Waals surface area contributed by atoms with E-state index in [1.165, 1.54) is 5.56 Å². The number of primary amides is 1. The summed E-state index contributed by atoms with van der Waals surface area (Å²) in [5.41, 5.74) is 6.53. The van der Waals surface area contributed by atoms with Gasteiger partial charge in [0.15, 0.2) is 0 Å². The first kappa shape index (κ1) is 17.3. The van der Waals surface area contributed by atoms with Gasteiger partial charge in [0.05, 0.1) is 0 Å². The van der Waals surface area contributed by atoms with Gasteiger partial charge in [-0.25, -0.2) is 4.79 Å². The van der Waals surface area contributed by atoms with Gasteiger partial charge >= 0.3 is 6.03 Å². The van der Waals surface area contributed by atoms with E-state index in [0.717, 1.165) is 25.7 Å². The second-order valence-corrected chi connectivity index (χ2v) is 6.48. The summed E-state index contributed by atoms with van der Waals surface area (Å²) < 4.78 is 0. The highest BCUT2D eigenvalue weighted by Gasteiger charge is 2.24. The van der Waals surface area contributed by atoms with Gasteiger partial charge in [0.25, 0.3) is 0 Å². The highest BCUT2D eigenvalue weighted by Crippen LogP contribution is 2.20. The summed E-state index contributed by atoms with van der Waals surface area (Å²) in [6, 6.07) is 10.4. The summed E-state index contributed by atoms with van der Waals surface area (Å²) >= 11 is 0. The molecule has 1 aromatic rings. The largest absolute Gasteiger partial charge is 0.370 e. The third kappa shape index (κ3) is 5.93. The van der Waals surface area contributed by atoms with Gasteiger partial charge in [-0.2, -0.15) is 0 Å². The Bertz CT molecular complexity index is 510. The maximum Gasteiger partial charge on any atom is 0.317 e. The van der Waals surface area contributed by atoms with Gasteiger partial charge in [-0.15, -0.1) is 0 Å². The minimum atomic E-state index is -0.248. The fourth-order valence-corrected chi connectivity index (χ4v) is 3.03. The highest BCUT2D eigenvalue weighted by atomic mass is 16.2. The molecule has 1 aromatic carbocycles. The van der Waals surface area contributed by atoms with Crippen LogP contribution in [0.3, 0.4) is 0 Å². The molecule has 2 rings (SSSR count). The number of rotatable bonds is 6. The van der Waals surface area contributed by atoms with Crippen LogP contribution in [0.25, 0.3) is 0 Å². The molecular formula is C18H27N3O2. The fraction of sp³-hybridized carbons (Fsp3) is 0.556. The Morgan fingerprint density at radius 3 is 2.52 bits per heavy atom. The number of urea groups is 1. The third-order valence-corrected chi connectivity index (χ3v) is 4.47. The second-order valence-electron chi connectivity index (χ2n) is 6.48. The molecule has 1 atom stereocenters. The Kier molecular flexibility index (Phi) is 6.44. The average Bonchev–Trinajstić information content (AvgIpc) is 2.54. The maximum atomic E-state index is 12.3. The van der Waals surface area contributed by atoms with E-state index in [4.69, 9.17) is 5.73 Å². The van der Waals surface area contributed by atoms with Gasteiger partial charge in [-0.1, -0.05) is 30.3 Å². The number of benzene rings is 1. The monoisotopic (exact) mass is 317 g/mol. The summed E-state index contributed by atoms with van der Waals surface area (Å²) in [5, 5.41) is 3.07. The first-order valence-corrected chi connectivity index (χ1v) is 8.42. The third-order valence-electron chi connectivity index (χ3n) is 4.47. The van der Waals surface area contributed by atoms with Crippen LogP contribution in [0.15, 0.2) is 30.3 Å². The summed E-state index contributed by atoms with van der Waals surface area (Å²) in [4.78, 5) is 25.1. The molecule has 0 aromatic heterocycles. The van der Waals surface area contributed by atoms with Crippen molar-refractivity contribution in [3.8, 4) is 0 Å². The van der Waals surface area contributed by atoms with E-state index in [2.05, 4.69) is 17.4 Å². The first-order chi connectivity index (χ1) is 11.0. The van der Waals surface area contributed by atoms with Gasteiger partial charge in [0, 0.05) is 25.6 Å². The summed E-state index contributed by atoms with van der Waals surface area (Å²) in [7, 11) is 0. The molecule has 0 spiro atoms. The van der Waals surface area contributed by atoms with Gasteiger partial charge in [0.2, 0.25) is 5.91 Å². The fourth-order valence-electron chi connectivity index (χ4n) is 3.03. The predicted octanol–water partition coefficient (Wildman–Crippen LogP) is 2.30. The number of hydrogen-bond donors (Lipinski definition) is 2. The van der Waals surface area contributed by atoms with Crippen LogP contribution in [-0.4, -0.2) is 36.0 Å². The minimum Gasteiger partial charge on any atom is -0.370 e. The van der Waals surface area contributed by atoms with E-state index in [-0.39, 0.29) is 18.0 Å². The zero-order valence-electron chi connectivity index (χ0n) is 13.8. The van der Waals surface area contributed by atoms with Crippen LogP contribution in [0, 0.1) is 5.92 Å². The smallest absolute Gasteiger partial charge is 0.317 e. The zero-order valence-corrected chi connectivity index (χ0v) is 13.8. The maximum absolute atomic E-state index is 12.3. The molecule has 0 unspecified atom stereocenters. The van der Waals surface area contributed by atoms with Crippen molar-refractivity contribution in [2.75, 3.05) is 13.1 Å². The van der Waals surface area contributed by atoms with Crippen molar-refractivity contribution in [1.82, 2.24) is 10.2 Å². The Hall–Kier alpha value is -2.04. The van der Waals surface area contributed by atoms with Crippen molar-refractivity contribution >= 4 is 11.9 Å². The number of amides is 3. The lowest BCUT2D eigenvalue weighted by Crippen LogP contribution is -2.47. The van der Waals surface area contributed by atoms with Crippen LogP contribution in [0.5, 0.6) is 0 Å². The van der Waals surface area contributed by atoms with E-state index in [1.807, 2.05) is 30.0 Å². The molecule has 1 aliphatic rings. The van der Waals surface area contributed by atoms with E-state index in [0.29, 0.717) is 25.4 Å². The van der Waals surface area contributed by atoms with Crippen LogP contribution >= 0.6 is 0 Å². The summed E-state index contributed by atoms with van der Waals surface area (Å²) in [5.74, 6) is 0.0782. The quantitative estimate of drug-likeness (QED) is 0.845. The molecule has 1 heterocycles. The standard InChI is InChI=1S/C18H27N3O2/c1-14(7-8-15-5-3-2-4-6-15)20-18(23)21-11-9-16(10-12-21)13-17(19)22/h2-6,14,16H,7-13H2,1H3,(H2,19,22)(H,20,23)/t14-/m1/s1. The van der Waals surface area contributed by atoms with E-state index in [9.17, 15) is 9.59 Å². The Balaban J connectivity index is 1.69. The van der Waals surface area contributed by atoms with Crippen molar-refractivity contribution < 1.29 is 9.59 Å². The molecule has 5 nitrogen and oxygen atoms in total. The molecule has 0 aliphatic carbocycles. The van der Waals surface area contributed by atoms with Gasteiger partial charge in [0.1, 0.15) is 0 Å². The molecular weight excluding hydrogens is 290 g/mol. The molecule has 0 bridgehead atoms. The van der Waals surface area contributed by atoms with E-state index >= 15 is 0 Å². The van der Waals surface area contributed by atoms with Crippen molar-refractivity contribution in [1.29, 1.82) is 0 Å². The van der Waals surface area contributed by atoms with Crippen LogP contribution in [0.1, 0.15) is 38.2 Å². The highest BCUT2D eigenvalue weighted by molar-refractivity contribution is 5.75. The van der Waals surface area contributed by atoms with Crippen LogP contribution in [-0.2, 0) is 11.2 Å². The van der Waals surface area contributed by atoms with E-state index in [1.54, 1.807) is 0 Å². The lowest BCUT2D eigenvalue weighted by Gasteiger charge is -2.32. The number of hydrogen-bond acceptors (Lipinski definition) is 2. The first-order valence-electron chi connectivity index (χ1n) is 8.42. The van der Waals surface area contributed by atoms with Crippen molar-refractivity contribution in [3.05, 3.63) is 35.9 Å². The van der Waals surface area contributed by atoms with Crippen LogP contribution < -0.4 is 11.1 Å². The minimum absolute atomic E-state index is 0.00286. The number of piperidine rings is 1. The summed E-state index contributed by atoms with van der Waals surface area (Å²) in [6.45, 7) is 3.45. The van der Waals surface area contributed by atoms with Crippen molar-refractivity contribution in [2.24, 2.45) is 11.7 Å². The van der Waals surface area contributed by atoms with Crippen molar-refractivity contribution in [3.63, 3.8) is 0 Å². The Morgan fingerprint density at radius 1 is 1.26 bits per heavy atom. The number of carbonyl (C=O) groups is 2. The van der Waals surface area contributed by atoms with Crippen LogP contribution in [0.4, 0.5) is 4.79 Å². The molecule has 1 aliphatic heterocycles. The lowest BCUT2D eigenvalue weighted by molar-refractivity contribution is -0.119. The van der Waals surface area contributed by atoms with Crippen molar-refractivity contribution in [2.45, 2.75) is 45.1 Å². The number of nitrogens with one attached hydrogen (secondary N) is 1. The second kappa shape index (κ2) is 8.56. The zero-order chi connectivity index (χ0) is 16.7. The topological polar surface area (TPSA) is 75.4 Å². The molecule has 1 fully saturated rings. The number of carbonyl (C=O) groups excluding carboxylic acids is 2. The number of nitrogens with two attached hydrogens (primary N) is 1. The molecule has 126 valence electrons. The Morgan fingerprint density at radius 2 is 1.91 bits per heavy atom. The normalized spacial score (nSPS) is 16.8. The molecule has 3 N–H and O–H groups in total. The van der Waals surface area contributed by atoms with Gasteiger partial charge in [-0.05, 0) is 44.1 Å². The molecule has 23 heavy (non-hydrogen) atoms. The molecule has 5 heteroatoms. The SMILES string of the molecule is C[C@H](CCc1ccccc1)NC(=O)N1CCC(CC(N)=O)CC1. The summed E-state index contributed by atoms with van der Waals surface area (Å²) in [6.07, 6.45) is 4.03. The Labute approximate surface area is 138 Å². The molecule has 0 radical (unpaired) electrons. The number of aryl methyl sites for hydroxylation is 1. The average molecular weight is 317 g/mol. The number of likely N-dealkylation sites (tertiary alicyclic amines) is 1. The van der Waals surface area contributed by atoms with Crippen LogP contribution in [0.2, 0.25) is 0 Å². The predicted molar refractivity (Wildman–Crippen MR) is 90.9 cm³/mol. The van der Waals surface area contributed by atoms with Gasteiger partial charge < -0.3 is 16.0 Å². The van der Waals surface area contributed by atoms with E-state index < -0.39 is 0 Å². The molecule has 1 saturated heterocycles.